The fourth-order valence-electron chi connectivity index (χ4n) is 4.74. The molecule has 250 valence electrons. The Bertz CT molecular complexity index is 1640. The van der Waals surface area contributed by atoms with Crippen LogP contribution in [0.3, 0.4) is 0 Å². The molecule has 0 aliphatic rings. The minimum absolute atomic E-state index is 0.0214. The lowest BCUT2D eigenvalue weighted by molar-refractivity contribution is -0.140. The summed E-state index contributed by atoms with van der Waals surface area (Å²) in [5, 5.41) is 3.70. The minimum atomic E-state index is -4.47. The van der Waals surface area contributed by atoms with Crippen molar-refractivity contribution in [2.24, 2.45) is 0 Å². The molecule has 0 spiro atoms. The first-order valence-electron chi connectivity index (χ1n) is 14.5. The van der Waals surface area contributed by atoms with Crippen molar-refractivity contribution in [1.82, 2.24) is 10.2 Å². The van der Waals surface area contributed by atoms with Crippen LogP contribution in [0.4, 0.5) is 5.69 Å². The highest BCUT2D eigenvalue weighted by atomic mass is 35.5. The highest BCUT2D eigenvalue weighted by molar-refractivity contribution is 7.92. The normalized spacial score (nSPS) is 11.8. The second kappa shape index (κ2) is 17.0. The van der Waals surface area contributed by atoms with Crippen LogP contribution in [-0.4, -0.2) is 65.6 Å². The molecule has 0 radical (unpaired) electrons. The van der Waals surface area contributed by atoms with Crippen molar-refractivity contribution in [2.45, 2.75) is 50.6 Å². The zero-order chi connectivity index (χ0) is 34.0. The Labute approximate surface area is 285 Å². The molecule has 46 heavy (non-hydrogen) atoms. The summed E-state index contributed by atoms with van der Waals surface area (Å²) in [6.45, 7) is 3.46. The Morgan fingerprint density at radius 2 is 1.52 bits per heavy atom. The van der Waals surface area contributed by atoms with E-state index in [-0.39, 0.29) is 51.0 Å². The lowest BCUT2D eigenvalue weighted by atomic mass is 10.1. The summed E-state index contributed by atoms with van der Waals surface area (Å²) >= 11 is 18.7. The van der Waals surface area contributed by atoms with Crippen LogP contribution in [0, 0.1) is 0 Å². The molecule has 1 atom stereocenters. The molecule has 0 unspecified atom stereocenters. The molecule has 10 nitrogen and oxygen atoms in total. The molecule has 3 aromatic rings. The number of hydrogen-bond donors (Lipinski definition) is 1. The third kappa shape index (κ3) is 8.90. The molecule has 1 N–H and O–H groups in total. The molecule has 0 saturated carbocycles. The lowest BCUT2D eigenvalue weighted by Crippen LogP contribution is -2.52. The summed E-state index contributed by atoms with van der Waals surface area (Å²) in [5.74, 6) is -0.378. The highest BCUT2D eigenvalue weighted by Gasteiger charge is 2.35. The maximum absolute atomic E-state index is 14.4. The predicted molar refractivity (Wildman–Crippen MR) is 181 cm³/mol. The second-order valence-electron chi connectivity index (χ2n) is 10.2. The molecule has 0 heterocycles. The predicted octanol–water partition coefficient (Wildman–Crippen LogP) is 6.59. The Morgan fingerprint density at radius 3 is 2.13 bits per heavy atom. The van der Waals surface area contributed by atoms with E-state index < -0.39 is 28.5 Å². The quantitative estimate of drug-likeness (QED) is 0.167. The molecule has 3 rings (SSSR count). The van der Waals surface area contributed by atoms with Gasteiger partial charge in [0.2, 0.25) is 11.8 Å². The number of nitrogens with zero attached hydrogens (tertiary/aromatic N) is 2. The van der Waals surface area contributed by atoms with E-state index in [1.165, 1.54) is 62.6 Å². The van der Waals surface area contributed by atoms with Gasteiger partial charge < -0.3 is 24.4 Å². The number of nitrogens with one attached hydrogen (secondary N) is 1. The van der Waals surface area contributed by atoms with Gasteiger partial charge >= 0.3 is 0 Å². The van der Waals surface area contributed by atoms with Crippen molar-refractivity contribution < 1.29 is 32.2 Å². The Kier molecular flexibility index (Phi) is 13.7. The lowest BCUT2D eigenvalue weighted by Gasteiger charge is -2.33. The van der Waals surface area contributed by atoms with E-state index in [0.717, 1.165) is 17.1 Å². The van der Waals surface area contributed by atoms with Gasteiger partial charge in [-0.25, -0.2) is 8.42 Å². The molecule has 0 fully saturated rings. The number of methoxy groups -OCH3 is 3. The molecular weight excluding hydrogens is 677 g/mol. The van der Waals surface area contributed by atoms with Gasteiger partial charge in [-0.15, -0.1) is 0 Å². The van der Waals surface area contributed by atoms with E-state index in [9.17, 15) is 18.0 Å². The summed E-state index contributed by atoms with van der Waals surface area (Å²) < 4.78 is 45.8. The SMILES string of the molecule is CCCCNC(=O)[C@@H](CC)N(Cc1ccc(Cl)c(Cl)c1)C(=O)CN(c1cc(Cl)ccc1OC)S(=O)(=O)c1ccc(OC)c(OC)c1. The van der Waals surface area contributed by atoms with Gasteiger partial charge in [0, 0.05) is 24.2 Å². The standard InChI is InChI=1S/C32H38Cl3N3O7S/c1-6-8-15-36-32(40)26(7-2)37(19-21-9-12-24(34)25(35)16-21)31(39)20-38(27-17-22(33)10-13-28(27)43-3)46(41,42)23-11-14-29(44-4)30(18-23)45-5/h9-14,16-18,26H,6-8,15,19-20H2,1-5H3,(H,36,40)/t26-/m1/s1. The van der Waals surface area contributed by atoms with Crippen LogP contribution >= 0.6 is 34.8 Å². The zero-order valence-electron chi connectivity index (χ0n) is 26.3. The van der Waals surface area contributed by atoms with Gasteiger partial charge in [-0.1, -0.05) is 61.1 Å². The van der Waals surface area contributed by atoms with Crippen molar-refractivity contribution in [3.05, 3.63) is 75.2 Å². The van der Waals surface area contributed by atoms with Crippen LogP contribution < -0.4 is 23.8 Å². The summed E-state index contributed by atoms with van der Waals surface area (Å²) in [6, 6.07) is 12.5. The van der Waals surface area contributed by atoms with E-state index in [4.69, 9.17) is 49.0 Å². The maximum Gasteiger partial charge on any atom is 0.265 e. The topological polar surface area (TPSA) is 114 Å². The number of carbonyl (C=O) groups excluding carboxylic acids is 2. The zero-order valence-corrected chi connectivity index (χ0v) is 29.4. The van der Waals surface area contributed by atoms with E-state index >= 15 is 0 Å². The molecule has 0 aliphatic heterocycles. The van der Waals surface area contributed by atoms with Crippen molar-refractivity contribution >= 4 is 62.3 Å². The fourth-order valence-corrected chi connectivity index (χ4v) is 6.66. The fraction of sp³-hybridized carbons (Fsp3) is 0.375. The first-order valence-corrected chi connectivity index (χ1v) is 17.1. The van der Waals surface area contributed by atoms with E-state index in [1.807, 2.05) is 6.92 Å². The summed E-state index contributed by atoms with van der Waals surface area (Å²) in [4.78, 5) is 28.9. The number of halogens is 3. The van der Waals surface area contributed by atoms with Crippen molar-refractivity contribution in [2.75, 3.05) is 38.7 Å². The smallest absolute Gasteiger partial charge is 0.265 e. The first-order chi connectivity index (χ1) is 21.9. The van der Waals surface area contributed by atoms with Gasteiger partial charge in [-0.05, 0) is 60.9 Å². The Morgan fingerprint density at radius 1 is 0.848 bits per heavy atom. The van der Waals surface area contributed by atoms with Crippen LogP contribution in [0.1, 0.15) is 38.7 Å². The third-order valence-corrected chi connectivity index (χ3v) is 9.91. The summed E-state index contributed by atoms with van der Waals surface area (Å²) in [5.41, 5.74) is 0.616. The van der Waals surface area contributed by atoms with Crippen molar-refractivity contribution in [3.63, 3.8) is 0 Å². The monoisotopic (exact) mass is 713 g/mol. The van der Waals surface area contributed by atoms with E-state index in [1.54, 1.807) is 25.1 Å². The number of rotatable bonds is 16. The van der Waals surface area contributed by atoms with Crippen LogP contribution in [0.25, 0.3) is 0 Å². The van der Waals surface area contributed by atoms with Gasteiger partial charge in [-0.3, -0.25) is 13.9 Å². The van der Waals surface area contributed by atoms with Crippen molar-refractivity contribution in [3.8, 4) is 17.2 Å². The van der Waals surface area contributed by atoms with Gasteiger partial charge in [0.15, 0.2) is 11.5 Å². The van der Waals surface area contributed by atoms with Crippen LogP contribution in [0.15, 0.2) is 59.5 Å². The van der Waals surface area contributed by atoms with Crippen molar-refractivity contribution in [1.29, 1.82) is 0 Å². The second-order valence-corrected chi connectivity index (χ2v) is 13.3. The average Bonchev–Trinajstić information content (AvgIpc) is 3.04. The maximum atomic E-state index is 14.4. The molecule has 2 amide bonds. The number of unbranched alkanes of at least 4 members (excludes halogenated alkanes) is 1. The number of amides is 2. The van der Waals surface area contributed by atoms with Gasteiger partial charge in [-0.2, -0.15) is 0 Å². The first kappa shape index (κ1) is 37.1. The summed E-state index contributed by atoms with van der Waals surface area (Å²) in [6.07, 6.45) is 1.89. The van der Waals surface area contributed by atoms with Crippen LogP contribution in [0.5, 0.6) is 17.2 Å². The van der Waals surface area contributed by atoms with Crippen LogP contribution in [-0.2, 0) is 26.2 Å². The number of carbonyl (C=O) groups is 2. The molecule has 14 heteroatoms. The third-order valence-electron chi connectivity index (χ3n) is 7.18. The number of anilines is 1. The molecule has 0 saturated heterocycles. The van der Waals surface area contributed by atoms with E-state index in [2.05, 4.69) is 5.32 Å². The number of hydrogen-bond acceptors (Lipinski definition) is 7. The summed E-state index contributed by atoms with van der Waals surface area (Å²) in [7, 11) is -0.286. The largest absolute Gasteiger partial charge is 0.495 e. The number of sulfonamides is 1. The molecule has 0 aliphatic carbocycles. The molecular formula is C32H38Cl3N3O7S. The average molecular weight is 715 g/mol. The van der Waals surface area contributed by atoms with E-state index in [0.29, 0.717) is 22.9 Å². The van der Waals surface area contributed by atoms with Crippen LogP contribution in [0.2, 0.25) is 15.1 Å². The Hall–Kier alpha value is -3.38. The van der Waals surface area contributed by atoms with Gasteiger partial charge in [0.05, 0.1) is 42.0 Å². The Balaban J connectivity index is 2.17. The molecule has 3 aromatic carbocycles. The number of benzene rings is 3. The van der Waals surface area contributed by atoms with Gasteiger partial charge in [0.25, 0.3) is 10.0 Å². The minimum Gasteiger partial charge on any atom is -0.495 e. The molecule has 0 aromatic heterocycles. The highest BCUT2D eigenvalue weighted by Crippen LogP contribution is 2.37. The van der Waals surface area contributed by atoms with Gasteiger partial charge in [0.1, 0.15) is 18.3 Å². The molecule has 0 bridgehead atoms. The number of ether oxygens (including phenoxy) is 3.